The van der Waals surface area contributed by atoms with Gasteiger partial charge < -0.3 is 0 Å². The molecule has 0 fully saturated rings. The van der Waals surface area contributed by atoms with E-state index in [0.717, 1.165) is 0 Å². The van der Waals surface area contributed by atoms with Crippen molar-refractivity contribution in [1.29, 1.82) is 0 Å². The van der Waals surface area contributed by atoms with Gasteiger partial charge in [-0.15, -0.1) is 0 Å². The standard InChI is InChI=1S/2C9H13.C7H8Si.Ti/c2*1-6-5-7(2)9(4)8(6)3;8-6-7-4-2-1-3-5-7;/h2*6H,1-4H3;1-5,8H,6H2;. The van der Waals surface area contributed by atoms with E-state index < -0.39 is 16.6 Å². The van der Waals surface area contributed by atoms with Crippen LogP contribution in [0, 0.1) is 11.8 Å². The Kier molecular flexibility index (Phi) is 6.35. The molecule has 0 aromatic heterocycles. The molecule has 0 heterocycles. The molecule has 2 aliphatic rings. The number of hydrogen-bond donors (Lipinski definition) is 0. The summed E-state index contributed by atoms with van der Waals surface area (Å²) in [6.45, 7) is 19.7. The Bertz CT molecular complexity index is 868. The first-order chi connectivity index (χ1) is 12.8. The number of allylic oxidation sites excluding steroid dienone is 8. The Hall–Kier alpha value is -0.889. The van der Waals surface area contributed by atoms with E-state index in [1.54, 1.807) is 33.4 Å². The fourth-order valence-corrected chi connectivity index (χ4v) is 18.4. The summed E-state index contributed by atoms with van der Waals surface area (Å²) in [5, 5.41) is 0. The monoisotopic (exact) mass is 410 g/mol. The Morgan fingerprint density at radius 1 is 0.704 bits per heavy atom. The first-order valence-electron chi connectivity index (χ1n) is 10.3. The molecule has 2 unspecified atom stereocenters. The van der Waals surface area contributed by atoms with Gasteiger partial charge in [0.15, 0.2) is 0 Å². The molecule has 0 N–H and O–H groups in total. The number of benzene rings is 1. The van der Waals surface area contributed by atoms with E-state index in [4.69, 9.17) is 0 Å². The van der Waals surface area contributed by atoms with Crippen molar-refractivity contribution in [2.75, 3.05) is 0 Å². The predicted molar refractivity (Wildman–Crippen MR) is 118 cm³/mol. The molecular formula is C25H34SiTi. The fourth-order valence-electron chi connectivity index (χ4n) is 4.80. The summed E-state index contributed by atoms with van der Waals surface area (Å²) in [5.74, 6) is 1.33. The third-order valence-electron chi connectivity index (χ3n) is 7.25. The molecular weight excluding hydrogens is 376 g/mol. The van der Waals surface area contributed by atoms with Gasteiger partial charge in [0.2, 0.25) is 0 Å². The van der Waals surface area contributed by atoms with Gasteiger partial charge in [-0.25, -0.2) is 0 Å². The van der Waals surface area contributed by atoms with Crippen LogP contribution >= 0.6 is 0 Å². The van der Waals surface area contributed by atoms with Crippen LogP contribution in [-0.4, -0.2) is 6.91 Å². The molecule has 2 atom stereocenters. The van der Waals surface area contributed by atoms with E-state index in [9.17, 15) is 0 Å². The second-order valence-corrected chi connectivity index (χ2v) is 16.5. The fraction of sp³-hybridized carbons (Fsp3) is 0.440. The van der Waals surface area contributed by atoms with Gasteiger partial charge in [0.05, 0.1) is 0 Å². The van der Waals surface area contributed by atoms with Gasteiger partial charge >= 0.3 is 174 Å². The number of rotatable bonds is 4. The van der Waals surface area contributed by atoms with E-state index in [1.165, 1.54) is 11.6 Å². The van der Waals surface area contributed by atoms with Gasteiger partial charge in [-0.05, 0) is 0 Å². The molecule has 0 radical (unpaired) electrons. The normalized spacial score (nSPS) is 23.1. The van der Waals surface area contributed by atoms with Crippen LogP contribution in [0.15, 0.2) is 71.5 Å². The van der Waals surface area contributed by atoms with E-state index in [1.807, 2.05) is 7.76 Å². The van der Waals surface area contributed by atoms with Crippen LogP contribution in [0.1, 0.15) is 61.0 Å². The molecule has 27 heavy (non-hydrogen) atoms. The summed E-state index contributed by atoms with van der Waals surface area (Å²) in [4.78, 5) is 0. The van der Waals surface area contributed by atoms with Crippen molar-refractivity contribution < 1.29 is 16.6 Å². The van der Waals surface area contributed by atoms with Gasteiger partial charge in [0, 0.05) is 0 Å². The molecule has 1 aromatic carbocycles. The van der Waals surface area contributed by atoms with E-state index in [0.29, 0.717) is 18.7 Å². The Balaban J connectivity index is 2.13. The first kappa shape index (κ1) is 20.8. The van der Waals surface area contributed by atoms with Crippen molar-refractivity contribution in [2.45, 2.75) is 61.4 Å². The maximum atomic E-state index is 2.47. The van der Waals surface area contributed by atoms with E-state index in [-0.39, 0.29) is 0 Å². The molecule has 0 bridgehead atoms. The van der Waals surface area contributed by atoms with Crippen molar-refractivity contribution in [3.63, 3.8) is 0 Å². The van der Waals surface area contributed by atoms with Crippen LogP contribution in [0.4, 0.5) is 0 Å². The van der Waals surface area contributed by atoms with Crippen LogP contribution in [-0.2, 0) is 22.7 Å². The Labute approximate surface area is 173 Å². The quantitative estimate of drug-likeness (QED) is 0.486. The van der Waals surface area contributed by atoms with Gasteiger partial charge in [0.1, 0.15) is 0 Å². The van der Waals surface area contributed by atoms with Crippen molar-refractivity contribution in [2.24, 2.45) is 11.8 Å². The SMILES string of the molecule is CC1=C(C)C(C)[C]([Ti](=[SiH]Cc2ccccc2)[C]2=C(C)C(C)=C(C)C2C)=C1C. The molecule has 2 heteroatoms. The average Bonchev–Trinajstić information content (AvgIpc) is 2.98. The van der Waals surface area contributed by atoms with Crippen molar-refractivity contribution in [3.8, 4) is 0 Å². The third-order valence-corrected chi connectivity index (χ3v) is 18.1. The topological polar surface area (TPSA) is 0 Å². The zero-order chi connectivity index (χ0) is 19.9. The van der Waals surface area contributed by atoms with Crippen LogP contribution in [0.25, 0.3) is 0 Å². The zero-order valence-corrected chi connectivity index (χ0v) is 21.0. The van der Waals surface area contributed by atoms with Crippen LogP contribution in [0.2, 0.25) is 0 Å². The molecule has 0 spiro atoms. The van der Waals surface area contributed by atoms with Gasteiger partial charge in [-0.3, -0.25) is 0 Å². The van der Waals surface area contributed by atoms with Crippen LogP contribution in [0.3, 0.4) is 0 Å². The zero-order valence-electron chi connectivity index (χ0n) is 18.3. The molecule has 0 saturated heterocycles. The summed E-state index contributed by atoms with van der Waals surface area (Å²) in [6.07, 6.45) is 0. The summed E-state index contributed by atoms with van der Waals surface area (Å²) < 4.78 is 3.78. The minimum atomic E-state index is -1.49. The average molecular weight is 411 g/mol. The molecule has 2 aliphatic carbocycles. The summed E-state index contributed by atoms with van der Waals surface area (Å²) >= 11 is -1.49. The predicted octanol–water partition coefficient (Wildman–Crippen LogP) is 6.68. The minimum absolute atomic E-state index is 0.458. The summed E-state index contributed by atoms with van der Waals surface area (Å²) in [7, 11) is 0. The molecule has 0 nitrogen and oxygen atoms in total. The summed E-state index contributed by atoms with van der Waals surface area (Å²) in [6, 6.07) is 12.5. The van der Waals surface area contributed by atoms with Crippen LogP contribution in [0.5, 0.6) is 0 Å². The molecule has 0 aliphatic heterocycles. The van der Waals surface area contributed by atoms with Crippen molar-refractivity contribution in [1.82, 2.24) is 0 Å². The van der Waals surface area contributed by atoms with E-state index >= 15 is 0 Å². The number of hydrogen-bond acceptors (Lipinski definition) is 0. The summed E-state index contributed by atoms with van der Waals surface area (Å²) in [5.41, 5.74) is 11.2. The van der Waals surface area contributed by atoms with E-state index in [2.05, 4.69) is 85.7 Å². The maximum absolute atomic E-state index is 2.47. The van der Waals surface area contributed by atoms with Gasteiger partial charge in [0.25, 0.3) is 0 Å². The van der Waals surface area contributed by atoms with Gasteiger partial charge in [-0.2, -0.15) is 0 Å². The second-order valence-electron chi connectivity index (χ2n) is 8.44. The third kappa shape index (κ3) is 3.71. The Morgan fingerprint density at radius 3 is 1.52 bits per heavy atom. The second kappa shape index (κ2) is 8.23. The molecule has 0 amide bonds. The first-order valence-corrected chi connectivity index (χ1v) is 15.9. The molecule has 0 saturated carbocycles. The van der Waals surface area contributed by atoms with Crippen LogP contribution < -0.4 is 0 Å². The molecule has 1 aromatic rings. The van der Waals surface area contributed by atoms with Crippen molar-refractivity contribution >= 4 is 6.91 Å². The van der Waals surface area contributed by atoms with Gasteiger partial charge in [-0.1, -0.05) is 0 Å². The molecule has 3 rings (SSSR count). The molecule has 142 valence electrons. The van der Waals surface area contributed by atoms with Crippen molar-refractivity contribution in [3.05, 3.63) is 77.1 Å². The Morgan fingerprint density at radius 2 is 1.15 bits per heavy atom.